The van der Waals surface area contributed by atoms with Crippen LogP contribution >= 0.6 is 11.6 Å². The van der Waals surface area contributed by atoms with Crippen molar-refractivity contribution in [2.24, 2.45) is 0 Å². The van der Waals surface area contributed by atoms with Gasteiger partial charge in [0.05, 0.1) is 0 Å². The van der Waals surface area contributed by atoms with Crippen molar-refractivity contribution in [3.05, 3.63) is 28.8 Å². The number of carbonyl (C=O) groups is 1. The molecule has 0 unspecified atom stereocenters. The van der Waals surface area contributed by atoms with Gasteiger partial charge in [-0.1, -0.05) is 24.9 Å². The molecule has 1 aromatic carbocycles. The minimum absolute atomic E-state index is 0.0877. The maximum Gasteiger partial charge on any atom is 0.260 e. The van der Waals surface area contributed by atoms with Gasteiger partial charge in [0.15, 0.2) is 6.10 Å². The second kappa shape index (κ2) is 7.39. The van der Waals surface area contributed by atoms with Crippen molar-refractivity contribution in [2.75, 3.05) is 0 Å². The van der Waals surface area contributed by atoms with E-state index in [4.69, 9.17) is 16.3 Å². The quantitative estimate of drug-likeness (QED) is 0.864. The molecule has 0 fully saturated rings. The first-order valence-corrected chi connectivity index (χ1v) is 7.05. The van der Waals surface area contributed by atoms with Gasteiger partial charge in [-0.05, 0) is 51.0 Å². The fraction of sp³-hybridized carbons (Fsp3) is 0.533. The fourth-order valence-corrected chi connectivity index (χ4v) is 2.08. The number of rotatable bonds is 6. The molecule has 0 bridgehead atoms. The fourth-order valence-electron chi connectivity index (χ4n) is 1.85. The zero-order valence-electron chi connectivity index (χ0n) is 12.0. The van der Waals surface area contributed by atoms with Crippen LogP contribution in [0.15, 0.2) is 18.2 Å². The topological polar surface area (TPSA) is 38.3 Å². The lowest BCUT2D eigenvalue weighted by molar-refractivity contribution is -0.127. The Bertz CT molecular complexity index is 434. The van der Waals surface area contributed by atoms with Gasteiger partial charge in [0.2, 0.25) is 0 Å². The largest absolute Gasteiger partial charge is 0.481 e. The maximum absolute atomic E-state index is 11.9. The van der Waals surface area contributed by atoms with Gasteiger partial charge in [0.25, 0.3) is 5.91 Å². The lowest BCUT2D eigenvalue weighted by atomic mass is 10.2. The molecule has 1 aromatic rings. The summed E-state index contributed by atoms with van der Waals surface area (Å²) < 4.78 is 5.67. The molecule has 3 nitrogen and oxygen atoms in total. The van der Waals surface area contributed by atoms with Crippen LogP contribution in [0.25, 0.3) is 0 Å². The summed E-state index contributed by atoms with van der Waals surface area (Å²) in [6.45, 7) is 7.76. The highest BCUT2D eigenvalue weighted by molar-refractivity contribution is 6.30. The molecule has 0 saturated heterocycles. The van der Waals surface area contributed by atoms with E-state index in [1.165, 1.54) is 0 Å². The SMILES string of the molecule is CCC[C@H](C)NC(=O)[C@H](C)Oc1ccc(Cl)cc1C. The smallest absolute Gasteiger partial charge is 0.260 e. The molecule has 0 aliphatic heterocycles. The van der Waals surface area contributed by atoms with Gasteiger partial charge in [-0.2, -0.15) is 0 Å². The minimum Gasteiger partial charge on any atom is -0.481 e. The second-order valence-corrected chi connectivity index (χ2v) is 5.30. The van der Waals surface area contributed by atoms with Crippen molar-refractivity contribution in [2.45, 2.75) is 52.7 Å². The first kappa shape index (κ1) is 15.8. The lowest BCUT2D eigenvalue weighted by Crippen LogP contribution is -2.41. The molecule has 1 N–H and O–H groups in total. The Morgan fingerprint density at radius 1 is 1.42 bits per heavy atom. The highest BCUT2D eigenvalue weighted by atomic mass is 35.5. The van der Waals surface area contributed by atoms with Crippen molar-refractivity contribution in [1.29, 1.82) is 0 Å². The Hall–Kier alpha value is -1.22. The molecule has 0 saturated carbocycles. The Balaban J connectivity index is 2.58. The van der Waals surface area contributed by atoms with Crippen LogP contribution in [0.5, 0.6) is 5.75 Å². The van der Waals surface area contributed by atoms with Gasteiger partial charge in [0, 0.05) is 11.1 Å². The molecule has 1 amide bonds. The molecule has 0 aromatic heterocycles. The van der Waals surface area contributed by atoms with E-state index in [1.807, 2.05) is 19.9 Å². The van der Waals surface area contributed by atoms with Crippen molar-refractivity contribution >= 4 is 17.5 Å². The Morgan fingerprint density at radius 3 is 2.68 bits per heavy atom. The molecular weight excluding hydrogens is 262 g/mol. The zero-order chi connectivity index (χ0) is 14.4. The van der Waals surface area contributed by atoms with Gasteiger partial charge >= 0.3 is 0 Å². The maximum atomic E-state index is 11.9. The highest BCUT2D eigenvalue weighted by Gasteiger charge is 2.17. The van der Waals surface area contributed by atoms with E-state index in [-0.39, 0.29) is 11.9 Å². The van der Waals surface area contributed by atoms with Crippen LogP contribution in [0.3, 0.4) is 0 Å². The molecule has 106 valence electrons. The van der Waals surface area contributed by atoms with Crippen LogP contribution in [-0.2, 0) is 4.79 Å². The van der Waals surface area contributed by atoms with E-state index in [0.29, 0.717) is 10.8 Å². The predicted octanol–water partition coefficient (Wildman–Crippen LogP) is 3.72. The zero-order valence-corrected chi connectivity index (χ0v) is 12.8. The first-order valence-electron chi connectivity index (χ1n) is 6.67. The van der Waals surface area contributed by atoms with E-state index in [2.05, 4.69) is 12.2 Å². The summed E-state index contributed by atoms with van der Waals surface area (Å²) in [5, 5.41) is 3.61. The summed E-state index contributed by atoms with van der Waals surface area (Å²) in [6.07, 6.45) is 1.50. The number of carbonyl (C=O) groups excluding carboxylic acids is 1. The van der Waals surface area contributed by atoms with Crippen molar-refractivity contribution in [3.8, 4) is 5.75 Å². The summed E-state index contributed by atoms with van der Waals surface area (Å²) >= 11 is 5.88. The first-order chi connectivity index (χ1) is 8.93. The molecule has 0 spiro atoms. The van der Waals surface area contributed by atoms with Gasteiger partial charge in [-0.15, -0.1) is 0 Å². The third kappa shape index (κ3) is 5.11. The average Bonchev–Trinajstić information content (AvgIpc) is 2.32. The number of halogens is 1. The summed E-state index contributed by atoms with van der Waals surface area (Å²) in [7, 11) is 0. The van der Waals surface area contributed by atoms with Gasteiger partial charge < -0.3 is 10.1 Å². The highest BCUT2D eigenvalue weighted by Crippen LogP contribution is 2.22. The standard InChI is InChI=1S/C15H22ClNO2/c1-5-6-11(3)17-15(18)12(4)19-14-8-7-13(16)9-10(14)2/h7-9,11-12H,5-6H2,1-4H3,(H,17,18)/t11-,12-/m0/s1. The summed E-state index contributed by atoms with van der Waals surface area (Å²) in [5.74, 6) is 0.602. The van der Waals surface area contributed by atoms with Crippen LogP contribution in [0.4, 0.5) is 0 Å². The predicted molar refractivity (Wildman–Crippen MR) is 78.8 cm³/mol. The number of ether oxygens (including phenoxy) is 1. The summed E-state index contributed by atoms with van der Waals surface area (Å²) in [6, 6.07) is 5.54. The van der Waals surface area contributed by atoms with Crippen molar-refractivity contribution < 1.29 is 9.53 Å². The summed E-state index contributed by atoms with van der Waals surface area (Å²) in [4.78, 5) is 11.9. The minimum atomic E-state index is -0.515. The third-order valence-corrected chi connectivity index (χ3v) is 3.16. The molecular formula is C15H22ClNO2. The molecule has 0 heterocycles. The molecule has 0 aliphatic rings. The van der Waals surface area contributed by atoms with Crippen LogP contribution in [-0.4, -0.2) is 18.1 Å². The molecule has 4 heteroatoms. The van der Waals surface area contributed by atoms with E-state index in [9.17, 15) is 4.79 Å². The number of benzene rings is 1. The van der Waals surface area contributed by atoms with Gasteiger partial charge in [-0.25, -0.2) is 0 Å². The summed E-state index contributed by atoms with van der Waals surface area (Å²) in [5.41, 5.74) is 0.925. The van der Waals surface area contributed by atoms with Crippen LogP contribution in [0.1, 0.15) is 39.2 Å². The van der Waals surface area contributed by atoms with Crippen LogP contribution in [0, 0.1) is 6.92 Å². The average molecular weight is 284 g/mol. The van der Waals surface area contributed by atoms with Crippen molar-refractivity contribution in [1.82, 2.24) is 5.32 Å². The molecule has 0 radical (unpaired) electrons. The van der Waals surface area contributed by atoms with Gasteiger partial charge in [0.1, 0.15) is 5.75 Å². The number of hydrogen-bond acceptors (Lipinski definition) is 2. The van der Waals surface area contributed by atoms with E-state index >= 15 is 0 Å². The number of aryl methyl sites for hydroxylation is 1. The number of hydrogen-bond donors (Lipinski definition) is 1. The Kier molecular flexibility index (Phi) is 6.16. The third-order valence-electron chi connectivity index (χ3n) is 2.92. The van der Waals surface area contributed by atoms with Crippen LogP contribution in [0.2, 0.25) is 5.02 Å². The molecule has 0 aliphatic carbocycles. The second-order valence-electron chi connectivity index (χ2n) is 4.87. The number of nitrogens with one attached hydrogen (secondary N) is 1. The van der Waals surface area contributed by atoms with E-state index < -0.39 is 6.10 Å². The lowest BCUT2D eigenvalue weighted by Gasteiger charge is -2.19. The molecule has 2 atom stereocenters. The number of amides is 1. The van der Waals surface area contributed by atoms with E-state index in [0.717, 1.165) is 18.4 Å². The van der Waals surface area contributed by atoms with Gasteiger partial charge in [-0.3, -0.25) is 4.79 Å². The van der Waals surface area contributed by atoms with Crippen LogP contribution < -0.4 is 10.1 Å². The van der Waals surface area contributed by atoms with Crippen molar-refractivity contribution in [3.63, 3.8) is 0 Å². The normalized spacial score (nSPS) is 13.7. The molecule has 1 rings (SSSR count). The Labute approximate surface area is 120 Å². The Morgan fingerprint density at radius 2 is 2.11 bits per heavy atom. The van der Waals surface area contributed by atoms with E-state index in [1.54, 1.807) is 19.1 Å². The molecule has 19 heavy (non-hydrogen) atoms. The monoisotopic (exact) mass is 283 g/mol.